The van der Waals surface area contributed by atoms with Crippen LogP contribution >= 0.6 is 12.6 Å². The second-order valence-corrected chi connectivity index (χ2v) is 6.17. The van der Waals surface area contributed by atoms with E-state index in [9.17, 15) is 4.79 Å². The van der Waals surface area contributed by atoms with Crippen molar-refractivity contribution < 1.29 is 4.79 Å². The van der Waals surface area contributed by atoms with Crippen molar-refractivity contribution in [1.29, 1.82) is 0 Å². The SMILES string of the molecule is CCC(C)C(CNC(=O)Cc1ccccc1)NC[C@@H](N)CS. The Kier molecular flexibility index (Phi) is 9.20. The molecular weight excluding hydrogens is 294 g/mol. The largest absolute Gasteiger partial charge is 0.354 e. The van der Waals surface area contributed by atoms with Gasteiger partial charge < -0.3 is 16.4 Å². The molecule has 4 nitrogen and oxygen atoms in total. The highest BCUT2D eigenvalue weighted by Gasteiger charge is 2.17. The van der Waals surface area contributed by atoms with Gasteiger partial charge in [-0.2, -0.15) is 12.6 Å². The number of thiol groups is 1. The molecule has 0 saturated heterocycles. The number of hydrogen-bond donors (Lipinski definition) is 4. The minimum Gasteiger partial charge on any atom is -0.354 e. The quantitative estimate of drug-likeness (QED) is 0.495. The molecule has 0 aliphatic carbocycles. The molecule has 0 aliphatic heterocycles. The first-order valence-corrected chi connectivity index (χ1v) is 8.60. The van der Waals surface area contributed by atoms with Crippen molar-refractivity contribution in [3.8, 4) is 0 Å². The minimum atomic E-state index is 0.0370. The molecule has 0 saturated carbocycles. The van der Waals surface area contributed by atoms with Gasteiger partial charge in [-0.3, -0.25) is 4.79 Å². The predicted molar refractivity (Wildman–Crippen MR) is 96.2 cm³/mol. The molecule has 22 heavy (non-hydrogen) atoms. The highest BCUT2D eigenvalue weighted by molar-refractivity contribution is 7.80. The van der Waals surface area contributed by atoms with E-state index < -0.39 is 0 Å². The second-order valence-electron chi connectivity index (χ2n) is 5.81. The highest BCUT2D eigenvalue weighted by Crippen LogP contribution is 2.07. The first-order valence-electron chi connectivity index (χ1n) is 7.97. The maximum absolute atomic E-state index is 12.0. The van der Waals surface area contributed by atoms with Crippen LogP contribution in [-0.4, -0.2) is 36.8 Å². The molecule has 5 heteroatoms. The summed E-state index contributed by atoms with van der Waals surface area (Å²) in [5, 5.41) is 6.48. The Bertz CT molecular complexity index is 427. The van der Waals surface area contributed by atoms with E-state index in [1.165, 1.54) is 0 Å². The van der Waals surface area contributed by atoms with Gasteiger partial charge in [-0.25, -0.2) is 0 Å². The third-order valence-corrected chi connectivity index (χ3v) is 4.40. The van der Waals surface area contributed by atoms with Crippen LogP contribution in [0.2, 0.25) is 0 Å². The molecule has 0 radical (unpaired) electrons. The monoisotopic (exact) mass is 323 g/mol. The summed E-state index contributed by atoms with van der Waals surface area (Å²) in [7, 11) is 0. The molecule has 1 aromatic carbocycles. The Labute approximate surface area is 139 Å². The van der Waals surface area contributed by atoms with E-state index in [4.69, 9.17) is 5.73 Å². The molecule has 2 unspecified atom stereocenters. The summed E-state index contributed by atoms with van der Waals surface area (Å²) in [4.78, 5) is 12.0. The number of carbonyl (C=O) groups is 1. The molecule has 1 amide bonds. The first kappa shape index (κ1) is 19.0. The van der Waals surface area contributed by atoms with Crippen molar-refractivity contribution in [2.24, 2.45) is 11.7 Å². The summed E-state index contributed by atoms with van der Waals surface area (Å²) in [5.74, 6) is 1.18. The van der Waals surface area contributed by atoms with Crippen LogP contribution in [0.15, 0.2) is 30.3 Å². The Morgan fingerprint density at radius 3 is 2.55 bits per heavy atom. The van der Waals surface area contributed by atoms with E-state index >= 15 is 0 Å². The van der Waals surface area contributed by atoms with Crippen LogP contribution in [0.25, 0.3) is 0 Å². The maximum atomic E-state index is 12.0. The number of carbonyl (C=O) groups excluding carboxylic acids is 1. The van der Waals surface area contributed by atoms with Crippen molar-refractivity contribution in [2.45, 2.75) is 38.8 Å². The van der Waals surface area contributed by atoms with E-state index in [0.29, 0.717) is 31.2 Å². The van der Waals surface area contributed by atoms with E-state index in [2.05, 4.69) is 37.1 Å². The molecule has 0 bridgehead atoms. The van der Waals surface area contributed by atoms with Gasteiger partial charge in [0.25, 0.3) is 0 Å². The van der Waals surface area contributed by atoms with Crippen LogP contribution in [0.1, 0.15) is 25.8 Å². The van der Waals surface area contributed by atoms with E-state index in [1.807, 2.05) is 30.3 Å². The maximum Gasteiger partial charge on any atom is 0.224 e. The molecular formula is C17H29N3OS. The fourth-order valence-corrected chi connectivity index (χ4v) is 2.32. The van der Waals surface area contributed by atoms with Gasteiger partial charge in [0.05, 0.1) is 6.42 Å². The van der Waals surface area contributed by atoms with Gasteiger partial charge in [-0.15, -0.1) is 0 Å². The molecule has 1 rings (SSSR count). The summed E-state index contributed by atoms with van der Waals surface area (Å²) >= 11 is 4.20. The summed E-state index contributed by atoms with van der Waals surface area (Å²) in [5.41, 5.74) is 6.93. The number of nitrogens with one attached hydrogen (secondary N) is 2. The molecule has 0 aromatic heterocycles. The van der Waals surface area contributed by atoms with Gasteiger partial charge in [-0.1, -0.05) is 50.6 Å². The van der Waals surface area contributed by atoms with Crippen LogP contribution < -0.4 is 16.4 Å². The Morgan fingerprint density at radius 2 is 1.95 bits per heavy atom. The summed E-state index contributed by atoms with van der Waals surface area (Å²) in [6, 6.07) is 10.1. The molecule has 0 aliphatic rings. The van der Waals surface area contributed by atoms with Crippen LogP contribution in [0.4, 0.5) is 0 Å². The number of benzene rings is 1. The normalized spacial score (nSPS) is 15.1. The van der Waals surface area contributed by atoms with Crippen LogP contribution in [-0.2, 0) is 11.2 Å². The van der Waals surface area contributed by atoms with Gasteiger partial charge in [0.1, 0.15) is 0 Å². The smallest absolute Gasteiger partial charge is 0.224 e. The molecule has 124 valence electrons. The van der Waals surface area contributed by atoms with Crippen LogP contribution in [0.3, 0.4) is 0 Å². The number of amides is 1. The Hall–Kier alpha value is -1.04. The lowest BCUT2D eigenvalue weighted by Crippen LogP contribution is -2.49. The summed E-state index contributed by atoms with van der Waals surface area (Å²) in [6.07, 6.45) is 1.48. The minimum absolute atomic E-state index is 0.0370. The fraction of sp³-hybridized carbons (Fsp3) is 0.588. The Morgan fingerprint density at radius 1 is 1.27 bits per heavy atom. The van der Waals surface area contributed by atoms with E-state index in [1.54, 1.807) is 0 Å². The lowest BCUT2D eigenvalue weighted by atomic mass is 9.98. The number of rotatable bonds is 10. The van der Waals surface area contributed by atoms with Crippen molar-refractivity contribution >= 4 is 18.5 Å². The third kappa shape index (κ3) is 7.29. The fourth-order valence-electron chi connectivity index (χ4n) is 2.19. The standard InChI is InChI=1S/C17H29N3OS/c1-3-13(2)16(19-10-15(18)12-22)11-20-17(21)9-14-7-5-4-6-8-14/h4-8,13,15-16,19,22H,3,9-12,18H2,1-2H3,(H,20,21)/t13?,15-,16?/m1/s1. The zero-order chi connectivity index (χ0) is 16.4. The van der Waals surface area contributed by atoms with Crippen molar-refractivity contribution in [2.75, 3.05) is 18.8 Å². The lowest BCUT2D eigenvalue weighted by Gasteiger charge is -2.26. The number of nitrogens with two attached hydrogens (primary N) is 1. The Balaban J connectivity index is 2.43. The highest BCUT2D eigenvalue weighted by atomic mass is 32.1. The third-order valence-electron chi connectivity index (χ3n) is 3.93. The second kappa shape index (κ2) is 10.6. The van der Waals surface area contributed by atoms with E-state index in [0.717, 1.165) is 12.0 Å². The number of hydrogen-bond acceptors (Lipinski definition) is 4. The zero-order valence-corrected chi connectivity index (χ0v) is 14.5. The van der Waals surface area contributed by atoms with Gasteiger partial charge in [0.2, 0.25) is 5.91 Å². The topological polar surface area (TPSA) is 67.2 Å². The van der Waals surface area contributed by atoms with Gasteiger partial charge in [-0.05, 0) is 11.5 Å². The van der Waals surface area contributed by atoms with Crippen LogP contribution in [0.5, 0.6) is 0 Å². The lowest BCUT2D eigenvalue weighted by molar-refractivity contribution is -0.120. The summed E-state index contributed by atoms with van der Waals surface area (Å²) < 4.78 is 0. The predicted octanol–water partition coefficient (Wildman–Crippen LogP) is 1.61. The van der Waals surface area contributed by atoms with Crippen molar-refractivity contribution in [1.82, 2.24) is 10.6 Å². The van der Waals surface area contributed by atoms with E-state index in [-0.39, 0.29) is 18.0 Å². The van der Waals surface area contributed by atoms with Crippen molar-refractivity contribution in [3.05, 3.63) is 35.9 Å². The molecule has 0 heterocycles. The van der Waals surface area contributed by atoms with Gasteiger partial charge in [0, 0.05) is 30.9 Å². The van der Waals surface area contributed by atoms with Crippen LogP contribution in [0, 0.1) is 5.92 Å². The van der Waals surface area contributed by atoms with Crippen molar-refractivity contribution in [3.63, 3.8) is 0 Å². The zero-order valence-electron chi connectivity index (χ0n) is 13.6. The molecule has 3 atom stereocenters. The summed E-state index contributed by atoms with van der Waals surface area (Å²) in [6.45, 7) is 5.68. The average molecular weight is 324 g/mol. The average Bonchev–Trinajstić information content (AvgIpc) is 2.54. The molecule has 4 N–H and O–H groups in total. The molecule has 0 spiro atoms. The van der Waals surface area contributed by atoms with Gasteiger partial charge >= 0.3 is 0 Å². The molecule has 1 aromatic rings. The molecule has 0 fully saturated rings. The first-order chi connectivity index (χ1) is 10.6. The van der Waals surface area contributed by atoms with Gasteiger partial charge in [0.15, 0.2) is 0 Å².